The average Bonchev–Trinajstić information content (AvgIpc) is 0.710. The van der Waals surface area contributed by atoms with Crippen LogP contribution in [-0.2, 0) is 53.8 Å². The lowest BCUT2D eigenvalue weighted by Crippen LogP contribution is -2.50. The fourth-order valence-electron chi connectivity index (χ4n) is 17.8. The van der Waals surface area contributed by atoms with Gasteiger partial charge in [0.1, 0.15) is 40.1 Å². The van der Waals surface area contributed by atoms with Crippen molar-refractivity contribution in [3.8, 4) is 45.4 Å². The summed E-state index contributed by atoms with van der Waals surface area (Å²) >= 11 is 0. The number of aromatic hydroxyl groups is 3. The second-order valence-electron chi connectivity index (χ2n) is 28.7. The number of ketones is 1. The molecule has 500 valence electrons. The molecule has 13 aliphatic rings. The van der Waals surface area contributed by atoms with E-state index >= 15 is 9.59 Å². The SMILES string of the molecule is CC(C)Cc1cc2c3c(c1O)Cc1cccc(c1)C1NC4CSSCC(C(=O)Cc5ccc(cc5)CC56SSCCCC(O)C7CC(c8c(cc9c%10c(ccc5c8%10)CC(CCCO)C9CCO)-c5c(O)cc8oc-2c(O)c(=O)c8c5O7)C6O)c2cccc(c2)CC4CC1SSC3. The summed E-state index contributed by atoms with van der Waals surface area (Å²) in [6.45, 7) is 4.11. The molecule has 1 aromatic heterocycles. The molecule has 1 spiro atoms. The fourth-order valence-corrected chi connectivity index (χ4v) is 26.8. The van der Waals surface area contributed by atoms with Gasteiger partial charge in [-0.2, -0.15) is 0 Å². The number of hydrogen-bond donors (Lipinski definition) is 8. The molecule has 8 N–H and O–H groups in total. The number of benzene rings is 7. The van der Waals surface area contributed by atoms with Crippen molar-refractivity contribution in [3.05, 3.63) is 186 Å². The number of aliphatic hydroxyl groups is 4. The highest BCUT2D eigenvalue weighted by atomic mass is 33.1. The summed E-state index contributed by atoms with van der Waals surface area (Å²) in [4.78, 5) is 31.1. The highest BCUT2D eigenvalue weighted by Crippen LogP contribution is 2.64. The van der Waals surface area contributed by atoms with Gasteiger partial charge in [-0.1, -0.05) is 164 Å². The third-order valence-electron chi connectivity index (χ3n) is 22.3. The number of Topliss-reactive ketones (excluding diaryl/α,β-unsaturated/α-hetero) is 1. The molecule has 12 heterocycles. The van der Waals surface area contributed by atoms with Gasteiger partial charge in [-0.3, -0.25) is 9.59 Å². The van der Waals surface area contributed by atoms with Crippen molar-refractivity contribution in [2.75, 3.05) is 30.5 Å². The number of nitrogens with one attached hydrogen (secondary N) is 1. The highest BCUT2D eigenvalue weighted by Gasteiger charge is 2.54. The molecule has 8 aromatic rings. The number of ether oxygens (including phenoxy) is 1. The van der Waals surface area contributed by atoms with E-state index in [1.165, 1.54) is 17.2 Å². The molecule has 11 aliphatic heterocycles. The van der Waals surface area contributed by atoms with Crippen LogP contribution in [0.4, 0.5) is 0 Å². The van der Waals surface area contributed by atoms with Gasteiger partial charge in [0.2, 0.25) is 11.2 Å². The number of aliphatic hydroxyl groups excluding tert-OH is 4. The van der Waals surface area contributed by atoms with E-state index in [0.29, 0.717) is 97.3 Å². The monoisotopic (exact) mass is 1400 g/mol. The quantitative estimate of drug-likeness (QED) is 0.0698. The van der Waals surface area contributed by atoms with E-state index < -0.39 is 40.2 Å². The summed E-state index contributed by atoms with van der Waals surface area (Å²) in [5.41, 5.74) is 12.5. The summed E-state index contributed by atoms with van der Waals surface area (Å²) in [6, 6.07) is 35.9. The molecule has 2 aliphatic carbocycles. The second kappa shape index (κ2) is 26.7. The molecule has 2 saturated heterocycles. The van der Waals surface area contributed by atoms with Crippen LogP contribution in [-0.4, -0.2) is 102 Å². The molecule has 7 aromatic carbocycles. The number of hydrogen-bond acceptors (Lipinski definition) is 18. The van der Waals surface area contributed by atoms with E-state index in [1.807, 2.05) is 27.7 Å². The maximum Gasteiger partial charge on any atom is 0.238 e. The molecule has 18 heteroatoms. The summed E-state index contributed by atoms with van der Waals surface area (Å²) in [6.07, 6.45) is 3.57. The standard InChI is InChI=1S/C78H81NO11S6/c1-39(2)23-49-30-53-57-37-94-95-65-31-48-26-42-7-3-9-44(24-42)56(36-92-93-38-59(48)79-71(65)47-10-4-8-43(25-47)27-52(57)72(49)85)61(83)28-40-13-15-41(16-14-40)35-78-58-18-17-46-29-45(11-5-20-80)50(19-21-81)51-32-54-67(69(58)66(46)51)55(77(78)88)33-63(60(82)12-6-22-91-96-78)89-76-68(54)62(84)34-64-70(76)73(86)74(87)75(53)90-64/h3-4,7-10,13-18,24-25,30,32,34,39,45,48,50,55-56,59-60,63,65,71,77,79-82,84-85,87-88H,5-6,11-12,19-23,26-29,31,33,35-38H2,1-2H3. The molecule has 0 amide bonds. The number of rotatable bonds is 7. The first-order chi connectivity index (χ1) is 46.7. The van der Waals surface area contributed by atoms with Crippen LogP contribution in [0.2, 0.25) is 0 Å². The van der Waals surface area contributed by atoms with E-state index in [1.54, 1.807) is 43.2 Å². The summed E-state index contributed by atoms with van der Waals surface area (Å²) in [7, 11) is 10.5. The highest BCUT2D eigenvalue weighted by molar-refractivity contribution is 8.77. The molecule has 0 saturated carbocycles. The maximum atomic E-state index is 16.0. The Hall–Kier alpha value is -5.22. The van der Waals surface area contributed by atoms with E-state index in [0.717, 1.165) is 79.4 Å². The van der Waals surface area contributed by atoms with Crippen molar-refractivity contribution < 1.29 is 49.7 Å². The van der Waals surface area contributed by atoms with Crippen molar-refractivity contribution in [1.82, 2.24) is 5.32 Å². The molecule has 21 rings (SSSR count). The molecule has 12 atom stereocenters. The van der Waals surface area contributed by atoms with Gasteiger partial charge in [0, 0.05) is 89.5 Å². The summed E-state index contributed by atoms with van der Waals surface area (Å²) < 4.78 is 13.3. The van der Waals surface area contributed by atoms with Gasteiger partial charge in [-0.25, -0.2) is 0 Å². The van der Waals surface area contributed by atoms with Crippen molar-refractivity contribution in [1.29, 1.82) is 0 Å². The molecular weight excluding hydrogens is 1320 g/mol. The van der Waals surface area contributed by atoms with Crippen molar-refractivity contribution in [2.45, 2.75) is 161 Å². The van der Waals surface area contributed by atoms with E-state index in [9.17, 15) is 35.7 Å². The molecule has 96 heavy (non-hydrogen) atoms. The molecule has 12 unspecified atom stereocenters. The van der Waals surface area contributed by atoms with Gasteiger partial charge in [0.15, 0.2) is 5.76 Å². The smallest absolute Gasteiger partial charge is 0.238 e. The largest absolute Gasteiger partial charge is 0.507 e. The zero-order valence-corrected chi connectivity index (χ0v) is 58.8. The third kappa shape index (κ3) is 11.5. The Labute approximate surface area is 583 Å². The van der Waals surface area contributed by atoms with Gasteiger partial charge in [-0.05, 0) is 190 Å². The number of carbonyl (C=O) groups excluding carboxylic acids is 1. The fraction of sp³-hybridized carbons (Fsp3) is 0.436. The Morgan fingerprint density at radius 3 is 2.36 bits per heavy atom. The predicted molar refractivity (Wildman–Crippen MR) is 393 cm³/mol. The van der Waals surface area contributed by atoms with Gasteiger partial charge < -0.3 is 50.2 Å². The van der Waals surface area contributed by atoms with E-state index in [2.05, 4.69) is 110 Å². The Bertz CT molecular complexity index is 4440. The van der Waals surface area contributed by atoms with Crippen molar-refractivity contribution in [2.24, 2.45) is 17.8 Å². The van der Waals surface area contributed by atoms with Gasteiger partial charge >= 0.3 is 0 Å². The van der Waals surface area contributed by atoms with Gasteiger partial charge in [-0.15, -0.1) is 0 Å². The molecular formula is C78H81NO11S6. The number of fused-ring (bicyclic) bond motifs is 4. The molecule has 0 radical (unpaired) electrons. The van der Waals surface area contributed by atoms with E-state index in [-0.39, 0.29) is 118 Å². The van der Waals surface area contributed by atoms with Crippen LogP contribution in [0.3, 0.4) is 0 Å². The zero-order valence-electron chi connectivity index (χ0n) is 53.9. The minimum absolute atomic E-state index is 0.000467. The average molecular weight is 1400 g/mol. The van der Waals surface area contributed by atoms with Crippen molar-refractivity contribution >= 4 is 92.3 Å². The number of phenols is 2. The first-order valence-electron chi connectivity index (χ1n) is 34.3. The predicted octanol–water partition coefficient (Wildman–Crippen LogP) is 15.3. The zero-order chi connectivity index (χ0) is 65.8. The third-order valence-corrected chi connectivity index (χ3v) is 30.8. The first-order valence-corrected chi connectivity index (χ1v) is 41.5. The van der Waals surface area contributed by atoms with Crippen LogP contribution in [0, 0.1) is 17.8 Å². The lowest BCUT2D eigenvalue weighted by Gasteiger charge is -2.49. The normalized spacial score (nSPS) is 27.6. The molecule has 12 nitrogen and oxygen atoms in total. The number of piperidine rings is 1. The lowest BCUT2D eigenvalue weighted by molar-refractivity contribution is -0.119. The molecule has 2 fully saturated rings. The number of carbonyl (C=O) groups is 1. The number of phenolic OH excluding ortho intramolecular Hbond substituents is 2. The van der Waals surface area contributed by atoms with Crippen molar-refractivity contribution in [3.63, 3.8) is 0 Å². The topological polar surface area (TPSA) is 210 Å². The maximum absolute atomic E-state index is 16.0. The van der Waals surface area contributed by atoms with Crippen LogP contribution in [0.25, 0.3) is 44.2 Å². The van der Waals surface area contributed by atoms with Crippen LogP contribution >= 0.6 is 64.8 Å². The minimum atomic E-state index is -1.09. The first kappa shape index (κ1) is 65.4. The summed E-state index contributed by atoms with van der Waals surface area (Å²) in [5, 5.41) is 93.1. The van der Waals surface area contributed by atoms with Gasteiger partial charge in [0.25, 0.3) is 0 Å². The molecule has 21 bridgehead atoms. The Kier molecular flexibility index (Phi) is 18.2. The Balaban J connectivity index is 0.963. The van der Waals surface area contributed by atoms with Crippen LogP contribution < -0.4 is 15.5 Å². The van der Waals surface area contributed by atoms with Crippen LogP contribution in [0.5, 0.6) is 23.0 Å². The lowest BCUT2D eigenvalue weighted by atomic mass is 9.62. The van der Waals surface area contributed by atoms with Crippen LogP contribution in [0.15, 0.2) is 112 Å². The van der Waals surface area contributed by atoms with Gasteiger partial charge in [0.05, 0.1) is 28.4 Å². The minimum Gasteiger partial charge on any atom is -0.507 e. The Morgan fingerprint density at radius 2 is 1.54 bits per heavy atom. The van der Waals surface area contributed by atoms with Crippen LogP contribution in [0.1, 0.15) is 155 Å². The second-order valence-corrected chi connectivity index (χ2v) is 36.6. The summed E-state index contributed by atoms with van der Waals surface area (Å²) in [5.74, 6) is 1.06. The Morgan fingerprint density at radius 1 is 0.740 bits per heavy atom. The van der Waals surface area contributed by atoms with E-state index in [4.69, 9.17) is 9.15 Å².